The second-order valence-electron chi connectivity index (χ2n) is 6.23. The van der Waals surface area contributed by atoms with Gasteiger partial charge in [-0.05, 0) is 23.6 Å². The van der Waals surface area contributed by atoms with E-state index in [1.165, 1.54) is 0 Å². The Morgan fingerprint density at radius 2 is 1.75 bits per heavy atom. The molecule has 0 bridgehead atoms. The van der Waals surface area contributed by atoms with E-state index in [9.17, 15) is 0 Å². The summed E-state index contributed by atoms with van der Waals surface area (Å²) in [5, 5.41) is 0. The van der Waals surface area contributed by atoms with Crippen LogP contribution >= 0.6 is 0 Å². The molecule has 0 amide bonds. The van der Waals surface area contributed by atoms with Gasteiger partial charge in [0.15, 0.2) is 11.5 Å². The van der Waals surface area contributed by atoms with Crippen LogP contribution in [0.4, 0.5) is 0 Å². The van der Waals surface area contributed by atoms with E-state index >= 15 is 0 Å². The summed E-state index contributed by atoms with van der Waals surface area (Å²) >= 11 is 0. The first-order valence-corrected chi connectivity index (χ1v) is 8.24. The Morgan fingerprint density at radius 1 is 1.04 bits per heavy atom. The summed E-state index contributed by atoms with van der Waals surface area (Å²) in [6.45, 7) is 5.36. The normalized spacial score (nSPS) is 22.7. The molecule has 1 unspecified atom stereocenters. The molecule has 0 aliphatic carbocycles. The van der Waals surface area contributed by atoms with E-state index in [-0.39, 0.29) is 12.1 Å². The highest BCUT2D eigenvalue weighted by atomic mass is 16.6. The molecule has 3 rings (SSSR count). The van der Waals surface area contributed by atoms with Gasteiger partial charge in [-0.25, -0.2) is 9.98 Å². The number of hydrogen-bond acceptors (Lipinski definition) is 6. The molecule has 0 spiro atoms. The topological polar surface area (TPSA) is 61.6 Å². The minimum atomic E-state index is -0.192. The Hall–Kier alpha value is -2.24. The maximum atomic E-state index is 5.65. The fraction of sp³-hybridized carbons (Fsp3) is 0.556. The van der Waals surface area contributed by atoms with Crippen LogP contribution in [0, 0.1) is 5.92 Å². The maximum absolute atomic E-state index is 5.65. The molecule has 1 aromatic rings. The second kappa shape index (κ2) is 7.11. The standard InChI is InChI=1S/C18H24N2O4/c1-11(2)16-18(22-4)19-13(17(20-16)21-3)9-12-5-6-14-15(10-12)24-8-7-23-14/h5-6,10-11,13,16H,7-9H2,1-4H3/t13?,16-/m1/s1. The SMILES string of the molecule is COC1=N[C@H](C(C)C)C(OC)=NC1Cc1ccc2c(c1)OCCO2. The Balaban J connectivity index is 1.83. The van der Waals surface area contributed by atoms with Crippen LogP contribution in [0.1, 0.15) is 19.4 Å². The number of methoxy groups -OCH3 is 2. The van der Waals surface area contributed by atoms with Crippen molar-refractivity contribution in [3.05, 3.63) is 23.8 Å². The van der Waals surface area contributed by atoms with Crippen molar-refractivity contribution in [3.63, 3.8) is 0 Å². The zero-order valence-corrected chi connectivity index (χ0v) is 14.6. The minimum absolute atomic E-state index is 0.0959. The lowest BCUT2D eigenvalue weighted by Crippen LogP contribution is -2.38. The molecule has 0 saturated carbocycles. The molecular formula is C18H24N2O4. The van der Waals surface area contributed by atoms with Crippen LogP contribution in [0.3, 0.4) is 0 Å². The zero-order valence-electron chi connectivity index (χ0n) is 14.6. The van der Waals surface area contributed by atoms with Crippen molar-refractivity contribution in [2.75, 3.05) is 27.4 Å². The lowest BCUT2D eigenvalue weighted by Gasteiger charge is -2.27. The van der Waals surface area contributed by atoms with E-state index in [0.717, 1.165) is 17.1 Å². The van der Waals surface area contributed by atoms with Crippen LogP contribution in [0.25, 0.3) is 0 Å². The highest BCUT2D eigenvalue weighted by Crippen LogP contribution is 2.31. The van der Waals surface area contributed by atoms with Gasteiger partial charge >= 0.3 is 0 Å². The number of fused-ring (bicyclic) bond motifs is 1. The van der Waals surface area contributed by atoms with Gasteiger partial charge in [-0.3, -0.25) is 0 Å². The summed E-state index contributed by atoms with van der Waals surface area (Å²) < 4.78 is 22.2. The van der Waals surface area contributed by atoms with E-state index in [2.05, 4.69) is 13.8 Å². The number of nitrogens with zero attached hydrogens (tertiary/aromatic N) is 2. The molecule has 0 aromatic heterocycles. The summed E-state index contributed by atoms with van der Waals surface area (Å²) in [6, 6.07) is 5.67. The summed E-state index contributed by atoms with van der Waals surface area (Å²) in [6.07, 6.45) is 0.668. The van der Waals surface area contributed by atoms with Gasteiger partial charge in [-0.15, -0.1) is 0 Å². The molecule has 0 radical (unpaired) electrons. The molecular weight excluding hydrogens is 308 g/mol. The van der Waals surface area contributed by atoms with Crippen LogP contribution in [0.2, 0.25) is 0 Å². The minimum Gasteiger partial charge on any atom is -0.486 e. The third kappa shape index (κ3) is 3.32. The van der Waals surface area contributed by atoms with E-state index in [1.54, 1.807) is 14.2 Å². The average molecular weight is 332 g/mol. The number of rotatable bonds is 3. The molecule has 24 heavy (non-hydrogen) atoms. The Bertz CT molecular complexity index is 654. The fourth-order valence-electron chi connectivity index (χ4n) is 2.93. The van der Waals surface area contributed by atoms with Crippen molar-refractivity contribution in [2.24, 2.45) is 15.9 Å². The zero-order chi connectivity index (χ0) is 17.1. The molecule has 2 aliphatic rings. The van der Waals surface area contributed by atoms with Crippen molar-refractivity contribution in [2.45, 2.75) is 32.4 Å². The largest absolute Gasteiger partial charge is 0.486 e. The summed E-state index contributed by atoms with van der Waals surface area (Å²) in [7, 11) is 3.28. The summed E-state index contributed by atoms with van der Waals surface area (Å²) in [4.78, 5) is 9.43. The molecule has 0 N–H and O–H groups in total. The van der Waals surface area contributed by atoms with Gasteiger partial charge in [0.2, 0.25) is 11.8 Å². The number of ether oxygens (including phenoxy) is 4. The van der Waals surface area contributed by atoms with Crippen LogP contribution in [-0.2, 0) is 15.9 Å². The lowest BCUT2D eigenvalue weighted by atomic mass is 10.0. The monoisotopic (exact) mass is 332 g/mol. The van der Waals surface area contributed by atoms with Gasteiger partial charge in [0.05, 0.1) is 14.2 Å². The van der Waals surface area contributed by atoms with Crippen LogP contribution in [-0.4, -0.2) is 51.3 Å². The molecule has 6 heteroatoms. The van der Waals surface area contributed by atoms with Gasteiger partial charge in [0.25, 0.3) is 0 Å². The van der Waals surface area contributed by atoms with E-state index in [1.807, 2.05) is 18.2 Å². The number of aliphatic imine (C=N–C) groups is 2. The lowest BCUT2D eigenvalue weighted by molar-refractivity contribution is 0.171. The molecule has 2 atom stereocenters. The fourth-order valence-corrected chi connectivity index (χ4v) is 2.93. The van der Waals surface area contributed by atoms with Crippen molar-refractivity contribution >= 4 is 11.8 Å². The first kappa shape index (κ1) is 16.6. The van der Waals surface area contributed by atoms with Gasteiger partial charge in [-0.2, -0.15) is 0 Å². The van der Waals surface area contributed by atoms with Crippen molar-refractivity contribution in [1.29, 1.82) is 0 Å². The van der Waals surface area contributed by atoms with Gasteiger partial charge in [0, 0.05) is 6.42 Å². The highest BCUT2D eigenvalue weighted by molar-refractivity contribution is 5.94. The number of hydrogen-bond donors (Lipinski definition) is 0. The quantitative estimate of drug-likeness (QED) is 0.853. The van der Waals surface area contributed by atoms with E-state index in [4.69, 9.17) is 28.9 Å². The van der Waals surface area contributed by atoms with Crippen molar-refractivity contribution < 1.29 is 18.9 Å². The smallest absolute Gasteiger partial charge is 0.209 e. The summed E-state index contributed by atoms with van der Waals surface area (Å²) in [5.74, 6) is 3.17. The van der Waals surface area contributed by atoms with E-state index < -0.39 is 0 Å². The van der Waals surface area contributed by atoms with Gasteiger partial charge < -0.3 is 18.9 Å². The van der Waals surface area contributed by atoms with Crippen molar-refractivity contribution in [1.82, 2.24) is 0 Å². The molecule has 1 aromatic carbocycles. The van der Waals surface area contributed by atoms with Crippen LogP contribution in [0.5, 0.6) is 11.5 Å². The van der Waals surface area contributed by atoms with Crippen LogP contribution < -0.4 is 9.47 Å². The first-order valence-electron chi connectivity index (χ1n) is 8.24. The maximum Gasteiger partial charge on any atom is 0.209 e. The van der Waals surface area contributed by atoms with Crippen molar-refractivity contribution in [3.8, 4) is 11.5 Å². The highest BCUT2D eigenvalue weighted by Gasteiger charge is 2.31. The Kier molecular flexibility index (Phi) is 4.92. The molecule has 6 nitrogen and oxygen atoms in total. The van der Waals surface area contributed by atoms with Gasteiger partial charge in [-0.1, -0.05) is 19.9 Å². The third-order valence-corrected chi connectivity index (χ3v) is 4.17. The predicted molar refractivity (Wildman–Crippen MR) is 92.4 cm³/mol. The van der Waals surface area contributed by atoms with Crippen LogP contribution in [0.15, 0.2) is 28.2 Å². The average Bonchev–Trinajstić information content (AvgIpc) is 2.61. The molecule has 2 aliphatic heterocycles. The van der Waals surface area contributed by atoms with E-state index in [0.29, 0.717) is 37.3 Å². The van der Waals surface area contributed by atoms with Gasteiger partial charge in [0.1, 0.15) is 25.3 Å². The number of benzene rings is 1. The molecule has 2 heterocycles. The summed E-state index contributed by atoms with van der Waals surface area (Å²) in [5.41, 5.74) is 1.09. The Labute approximate surface area is 142 Å². The Morgan fingerprint density at radius 3 is 2.42 bits per heavy atom. The first-order chi connectivity index (χ1) is 11.6. The molecule has 130 valence electrons. The molecule has 0 saturated heterocycles. The predicted octanol–water partition coefficient (Wildman–Crippen LogP) is 2.50. The second-order valence-corrected chi connectivity index (χ2v) is 6.23. The molecule has 0 fully saturated rings. The third-order valence-electron chi connectivity index (χ3n) is 4.17.